The third kappa shape index (κ3) is 3.58. The lowest BCUT2D eigenvalue weighted by Crippen LogP contribution is -2.12. The van der Waals surface area contributed by atoms with Crippen molar-refractivity contribution in [2.24, 2.45) is 0 Å². The van der Waals surface area contributed by atoms with E-state index in [0.29, 0.717) is 10.6 Å². The fourth-order valence-corrected chi connectivity index (χ4v) is 2.69. The monoisotopic (exact) mass is 337 g/mol. The highest BCUT2D eigenvalue weighted by atomic mass is 79.9. The molecule has 0 fully saturated rings. The first-order valence-electron chi connectivity index (χ1n) is 5.80. The summed E-state index contributed by atoms with van der Waals surface area (Å²) in [6.45, 7) is 3.99. The van der Waals surface area contributed by atoms with Gasteiger partial charge < -0.3 is 5.32 Å². The predicted molar refractivity (Wildman–Crippen MR) is 83.0 cm³/mol. The molecule has 0 aliphatic rings. The van der Waals surface area contributed by atoms with E-state index in [-0.39, 0.29) is 5.91 Å². The number of anilines is 1. The number of hydrogen-bond acceptors (Lipinski definition) is 1. The lowest BCUT2D eigenvalue weighted by molar-refractivity contribution is 0.102. The van der Waals surface area contributed by atoms with Gasteiger partial charge in [-0.1, -0.05) is 45.2 Å². The van der Waals surface area contributed by atoms with Crippen molar-refractivity contribution in [3.63, 3.8) is 0 Å². The van der Waals surface area contributed by atoms with Gasteiger partial charge in [-0.25, -0.2) is 0 Å². The van der Waals surface area contributed by atoms with Crippen LogP contribution in [-0.4, -0.2) is 5.91 Å². The van der Waals surface area contributed by atoms with Crippen LogP contribution < -0.4 is 5.32 Å². The molecule has 19 heavy (non-hydrogen) atoms. The van der Waals surface area contributed by atoms with Gasteiger partial charge in [-0.05, 0) is 43.7 Å². The molecular weight excluding hydrogens is 326 g/mol. The van der Waals surface area contributed by atoms with Gasteiger partial charge in [-0.3, -0.25) is 4.79 Å². The van der Waals surface area contributed by atoms with E-state index < -0.39 is 0 Å². The van der Waals surface area contributed by atoms with Crippen LogP contribution in [0.2, 0.25) is 5.02 Å². The zero-order chi connectivity index (χ0) is 14.0. The maximum atomic E-state index is 12.2. The van der Waals surface area contributed by atoms with Crippen LogP contribution in [0.15, 0.2) is 40.9 Å². The molecule has 1 N–H and O–H groups in total. The van der Waals surface area contributed by atoms with Crippen LogP contribution >= 0.6 is 27.5 Å². The minimum absolute atomic E-state index is 0.171. The number of hydrogen-bond donors (Lipinski definition) is 1. The fourth-order valence-electron chi connectivity index (χ4n) is 1.83. The molecule has 4 heteroatoms. The van der Waals surface area contributed by atoms with Crippen molar-refractivity contribution in [3.8, 4) is 0 Å². The van der Waals surface area contributed by atoms with E-state index >= 15 is 0 Å². The molecule has 2 nitrogen and oxygen atoms in total. The van der Waals surface area contributed by atoms with Gasteiger partial charge in [0.15, 0.2) is 0 Å². The van der Waals surface area contributed by atoms with Gasteiger partial charge >= 0.3 is 0 Å². The summed E-state index contributed by atoms with van der Waals surface area (Å²) in [5.41, 5.74) is 3.54. The fraction of sp³-hybridized carbons (Fsp3) is 0.133. The number of nitrogens with one attached hydrogen (secondary N) is 1. The number of amides is 1. The number of carbonyl (C=O) groups excluding carboxylic acids is 1. The molecule has 0 aliphatic heterocycles. The van der Waals surface area contributed by atoms with E-state index in [1.807, 2.05) is 32.0 Å². The van der Waals surface area contributed by atoms with E-state index in [4.69, 9.17) is 11.6 Å². The number of aryl methyl sites for hydroxylation is 2. The molecule has 0 aliphatic carbocycles. The molecule has 0 radical (unpaired) electrons. The third-order valence-electron chi connectivity index (χ3n) is 2.75. The van der Waals surface area contributed by atoms with Gasteiger partial charge in [-0.15, -0.1) is 0 Å². The Hall–Kier alpha value is -1.32. The largest absolute Gasteiger partial charge is 0.322 e. The third-order valence-corrected chi connectivity index (χ3v) is 3.43. The van der Waals surface area contributed by atoms with Gasteiger partial charge in [0.2, 0.25) is 0 Å². The summed E-state index contributed by atoms with van der Waals surface area (Å²) in [6, 6.07) is 11.0. The van der Waals surface area contributed by atoms with Crippen molar-refractivity contribution < 1.29 is 4.79 Å². The maximum Gasteiger partial charge on any atom is 0.255 e. The summed E-state index contributed by atoms with van der Waals surface area (Å²) in [5.74, 6) is -0.171. The second kappa shape index (κ2) is 5.76. The Balaban J connectivity index is 2.25. The van der Waals surface area contributed by atoms with Crippen molar-refractivity contribution in [1.82, 2.24) is 0 Å². The summed E-state index contributed by atoms with van der Waals surface area (Å²) in [5, 5.41) is 3.42. The highest BCUT2D eigenvalue weighted by molar-refractivity contribution is 9.10. The Morgan fingerprint density at radius 3 is 2.53 bits per heavy atom. The molecule has 2 aromatic carbocycles. The Morgan fingerprint density at radius 2 is 1.89 bits per heavy atom. The van der Waals surface area contributed by atoms with E-state index in [1.54, 1.807) is 18.2 Å². The minimum atomic E-state index is -0.171. The first kappa shape index (κ1) is 14.1. The highest BCUT2D eigenvalue weighted by Gasteiger charge is 2.09. The summed E-state index contributed by atoms with van der Waals surface area (Å²) in [4.78, 5) is 12.2. The SMILES string of the molecule is Cc1ccc(NC(=O)c2cc(Cl)cc(Br)c2)c(C)c1. The molecule has 0 unspecified atom stereocenters. The van der Waals surface area contributed by atoms with Gasteiger partial charge in [0, 0.05) is 20.7 Å². The summed E-state index contributed by atoms with van der Waals surface area (Å²) in [6.07, 6.45) is 0. The number of carbonyl (C=O) groups is 1. The standard InChI is InChI=1S/C15H13BrClNO/c1-9-3-4-14(10(2)5-9)18-15(19)11-6-12(16)8-13(17)7-11/h3-8H,1-2H3,(H,18,19). The van der Waals surface area contributed by atoms with Gasteiger partial charge in [0.1, 0.15) is 0 Å². The Labute approximate surface area is 125 Å². The van der Waals surface area contributed by atoms with E-state index in [2.05, 4.69) is 21.2 Å². The minimum Gasteiger partial charge on any atom is -0.322 e. The molecule has 0 saturated heterocycles. The summed E-state index contributed by atoms with van der Waals surface area (Å²) >= 11 is 9.27. The predicted octanol–water partition coefficient (Wildman–Crippen LogP) is 4.97. The molecule has 1 amide bonds. The zero-order valence-corrected chi connectivity index (χ0v) is 13.0. The van der Waals surface area contributed by atoms with Crippen LogP contribution in [-0.2, 0) is 0 Å². The molecule has 0 aromatic heterocycles. The normalized spacial score (nSPS) is 10.3. The van der Waals surface area contributed by atoms with E-state index in [0.717, 1.165) is 15.7 Å². The lowest BCUT2D eigenvalue weighted by Gasteiger charge is -2.09. The molecule has 0 heterocycles. The van der Waals surface area contributed by atoms with E-state index in [1.165, 1.54) is 5.56 Å². The average molecular weight is 339 g/mol. The number of rotatable bonds is 2. The molecule has 0 spiro atoms. The van der Waals surface area contributed by atoms with Crippen molar-refractivity contribution in [2.45, 2.75) is 13.8 Å². The molecule has 98 valence electrons. The van der Waals surface area contributed by atoms with Crippen LogP contribution in [0.3, 0.4) is 0 Å². The van der Waals surface area contributed by atoms with Crippen molar-refractivity contribution in [3.05, 3.63) is 62.6 Å². The average Bonchev–Trinajstić information content (AvgIpc) is 2.31. The molecule has 0 atom stereocenters. The van der Waals surface area contributed by atoms with Crippen LogP contribution in [0, 0.1) is 13.8 Å². The summed E-state index contributed by atoms with van der Waals surface area (Å²) in [7, 11) is 0. The number of benzene rings is 2. The Kier molecular flexibility index (Phi) is 4.27. The molecule has 2 aromatic rings. The van der Waals surface area contributed by atoms with E-state index in [9.17, 15) is 4.79 Å². The van der Waals surface area contributed by atoms with Crippen molar-refractivity contribution in [2.75, 3.05) is 5.32 Å². The maximum absolute atomic E-state index is 12.2. The van der Waals surface area contributed by atoms with Crippen LogP contribution in [0.1, 0.15) is 21.5 Å². The van der Waals surface area contributed by atoms with Crippen LogP contribution in [0.25, 0.3) is 0 Å². The first-order chi connectivity index (χ1) is 8.95. The van der Waals surface area contributed by atoms with Crippen molar-refractivity contribution in [1.29, 1.82) is 0 Å². The molecular formula is C15H13BrClNO. The zero-order valence-electron chi connectivity index (χ0n) is 10.6. The second-order valence-corrected chi connectivity index (χ2v) is 5.78. The molecule has 0 saturated carbocycles. The highest BCUT2D eigenvalue weighted by Crippen LogP contribution is 2.22. The Bertz CT molecular complexity index is 620. The topological polar surface area (TPSA) is 29.1 Å². The van der Waals surface area contributed by atoms with Gasteiger partial charge in [0.25, 0.3) is 5.91 Å². The molecule has 0 bridgehead atoms. The number of halogens is 2. The van der Waals surface area contributed by atoms with Gasteiger partial charge in [0.05, 0.1) is 0 Å². The summed E-state index contributed by atoms with van der Waals surface area (Å²) < 4.78 is 0.783. The lowest BCUT2D eigenvalue weighted by atomic mass is 10.1. The second-order valence-electron chi connectivity index (χ2n) is 4.43. The first-order valence-corrected chi connectivity index (χ1v) is 6.97. The quantitative estimate of drug-likeness (QED) is 0.823. The smallest absolute Gasteiger partial charge is 0.255 e. The Morgan fingerprint density at radius 1 is 1.16 bits per heavy atom. The van der Waals surface area contributed by atoms with Gasteiger partial charge in [-0.2, -0.15) is 0 Å². The van der Waals surface area contributed by atoms with Crippen LogP contribution in [0.5, 0.6) is 0 Å². The molecule has 2 rings (SSSR count). The van der Waals surface area contributed by atoms with Crippen LogP contribution in [0.4, 0.5) is 5.69 Å². The van der Waals surface area contributed by atoms with Crippen molar-refractivity contribution >= 4 is 39.1 Å².